The Hall–Kier alpha value is -2.15. The lowest BCUT2D eigenvalue weighted by molar-refractivity contribution is 0.579. The zero-order valence-electron chi connectivity index (χ0n) is 15.9. The van der Waals surface area contributed by atoms with E-state index >= 15 is 0 Å². The number of para-hydroxylation sites is 1. The maximum atomic E-state index is 12.4. The largest absolute Gasteiger partial charge is 0.326 e. The van der Waals surface area contributed by atoms with E-state index in [1.54, 1.807) is 12.1 Å². The molecule has 1 heterocycles. The van der Waals surface area contributed by atoms with Crippen molar-refractivity contribution in [1.29, 1.82) is 0 Å². The van der Waals surface area contributed by atoms with Gasteiger partial charge in [0.05, 0.1) is 4.90 Å². The Labute approximate surface area is 171 Å². The van der Waals surface area contributed by atoms with Gasteiger partial charge in [-0.1, -0.05) is 29.8 Å². The molecule has 1 aliphatic rings. The Kier molecular flexibility index (Phi) is 6.54. The van der Waals surface area contributed by atoms with Gasteiger partial charge in [0.15, 0.2) is 0 Å². The minimum atomic E-state index is -3.55. The average Bonchev–Trinajstić information content (AvgIpc) is 2.82. The molecule has 0 spiro atoms. The molecule has 7 heteroatoms. The minimum absolute atomic E-state index is 0.209. The fraction of sp³-hybridized carbons (Fsp3) is 0.286. The number of sulfonamides is 1. The smallest absolute Gasteiger partial charge is 0.240 e. The molecular formula is C21H24ClN3O2S. The van der Waals surface area contributed by atoms with Crippen LogP contribution in [0, 0.1) is 0 Å². The highest BCUT2D eigenvalue weighted by Crippen LogP contribution is 2.32. The van der Waals surface area contributed by atoms with Gasteiger partial charge in [-0.3, -0.25) is 0 Å². The number of hydrogen-bond acceptors (Lipinski definition) is 4. The SMILES string of the molecule is C=NC1=C(C)CCc2ccccc2N1CCCNS(=O)(=O)c1ccc(Cl)cc1. The molecule has 0 fully saturated rings. The number of aryl methyl sites for hydroxylation is 1. The fourth-order valence-electron chi connectivity index (χ4n) is 3.35. The van der Waals surface area contributed by atoms with Crippen LogP contribution in [0.5, 0.6) is 0 Å². The van der Waals surface area contributed by atoms with E-state index in [9.17, 15) is 8.42 Å². The maximum absolute atomic E-state index is 12.4. The lowest BCUT2D eigenvalue weighted by atomic mass is 10.1. The van der Waals surface area contributed by atoms with Crippen molar-refractivity contribution in [2.45, 2.75) is 31.1 Å². The molecule has 0 aliphatic carbocycles. The van der Waals surface area contributed by atoms with Crippen molar-refractivity contribution in [2.75, 3.05) is 18.0 Å². The number of fused-ring (bicyclic) bond motifs is 1. The number of rotatable bonds is 7. The summed E-state index contributed by atoms with van der Waals surface area (Å²) in [5.74, 6) is 0.866. The van der Waals surface area contributed by atoms with Crippen molar-refractivity contribution in [3.05, 3.63) is 70.5 Å². The number of allylic oxidation sites excluding steroid dienone is 1. The van der Waals surface area contributed by atoms with E-state index in [4.69, 9.17) is 11.6 Å². The molecule has 1 N–H and O–H groups in total. The van der Waals surface area contributed by atoms with Crippen molar-refractivity contribution in [3.63, 3.8) is 0 Å². The highest BCUT2D eigenvalue weighted by molar-refractivity contribution is 7.89. The van der Waals surface area contributed by atoms with Crippen molar-refractivity contribution in [2.24, 2.45) is 4.99 Å². The Balaban J connectivity index is 1.69. The zero-order valence-corrected chi connectivity index (χ0v) is 17.4. The fourth-order valence-corrected chi connectivity index (χ4v) is 4.55. The third kappa shape index (κ3) is 4.63. The van der Waals surface area contributed by atoms with E-state index in [2.05, 4.69) is 40.4 Å². The molecule has 28 heavy (non-hydrogen) atoms. The van der Waals surface area contributed by atoms with Gasteiger partial charge in [0, 0.05) is 23.8 Å². The highest BCUT2D eigenvalue weighted by atomic mass is 35.5. The molecule has 0 saturated carbocycles. The normalized spacial score (nSPS) is 14.6. The first-order valence-electron chi connectivity index (χ1n) is 9.19. The van der Waals surface area contributed by atoms with Gasteiger partial charge in [0.2, 0.25) is 10.0 Å². The van der Waals surface area contributed by atoms with Crippen LogP contribution < -0.4 is 9.62 Å². The zero-order chi connectivity index (χ0) is 20.1. The third-order valence-electron chi connectivity index (χ3n) is 4.81. The molecule has 0 unspecified atom stereocenters. The minimum Gasteiger partial charge on any atom is -0.326 e. The van der Waals surface area contributed by atoms with Gasteiger partial charge in [-0.25, -0.2) is 18.1 Å². The van der Waals surface area contributed by atoms with Crippen LogP contribution in [0.25, 0.3) is 0 Å². The summed E-state index contributed by atoms with van der Waals surface area (Å²) in [5, 5.41) is 0.505. The first-order valence-corrected chi connectivity index (χ1v) is 11.1. The molecule has 0 radical (unpaired) electrons. The quantitative estimate of drug-likeness (QED) is 0.536. The van der Waals surface area contributed by atoms with Crippen LogP contribution in [0.2, 0.25) is 5.02 Å². The lowest BCUT2D eigenvalue weighted by Crippen LogP contribution is -2.30. The number of nitrogens with zero attached hydrogens (tertiary/aromatic N) is 2. The van der Waals surface area contributed by atoms with Crippen LogP contribution in [0.15, 0.2) is 69.8 Å². The van der Waals surface area contributed by atoms with E-state index in [-0.39, 0.29) is 4.90 Å². The summed E-state index contributed by atoms with van der Waals surface area (Å²) in [7, 11) is -3.55. The summed E-state index contributed by atoms with van der Waals surface area (Å²) in [4.78, 5) is 6.61. The summed E-state index contributed by atoms with van der Waals surface area (Å²) in [6.45, 7) is 6.79. The molecule has 5 nitrogen and oxygen atoms in total. The van der Waals surface area contributed by atoms with Crippen molar-refractivity contribution < 1.29 is 8.42 Å². The van der Waals surface area contributed by atoms with E-state index in [1.165, 1.54) is 23.3 Å². The van der Waals surface area contributed by atoms with Crippen LogP contribution in [0.3, 0.4) is 0 Å². The second kappa shape index (κ2) is 8.90. The number of halogens is 1. The maximum Gasteiger partial charge on any atom is 0.240 e. The van der Waals surface area contributed by atoms with Gasteiger partial charge < -0.3 is 4.90 Å². The summed E-state index contributed by atoms with van der Waals surface area (Å²) in [6, 6.07) is 14.4. The summed E-state index contributed by atoms with van der Waals surface area (Å²) >= 11 is 5.83. The molecule has 0 atom stereocenters. The highest BCUT2D eigenvalue weighted by Gasteiger charge is 2.20. The first kappa shape index (κ1) is 20.6. The molecule has 2 aromatic carbocycles. The van der Waals surface area contributed by atoms with Gasteiger partial charge in [-0.2, -0.15) is 0 Å². The van der Waals surface area contributed by atoms with Gasteiger partial charge in [0.25, 0.3) is 0 Å². The average molecular weight is 418 g/mol. The summed E-state index contributed by atoms with van der Waals surface area (Å²) < 4.78 is 27.5. The Morgan fingerprint density at radius 3 is 2.57 bits per heavy atom. The predicted molar refractivity (Wildman–Crippen MR) is 116 cm³/mol. The van der Waals surface area contributed by atoms with Crippen LogP contribution in [-0.2, 0) is 16.4 Å². The van der Waals surface area contributed by atoms with E-state index in [0.717, 1.165) is 24.4 Å². The number of nitrogens with one attached hydrogen (secondary N) is 1. The first-order chi connectivity index (χ1) is 13.4. The molecule has 0 bridgehead atoms. The van der Waals surface area contributed by atoms with Crippen LogP contribution in [-0.4, -0.2) is 28.2 Å². The van der Waals surface area contributed by atoms with E-state index in [0.29, 0.717) is 24.5 Å². The van der Waals surface area contributed by atoms with Crippen molar-refractivity contribution in [3.8, 4) is 0 Å². The van der Waals surface area contributed by atoms with Gasteiger partial charge >= 0.3 is 0 Å². The van der Waals surface area contributed by atoms with Gasteiger partial charge in [0.1, 0.15) is 5.82 Å². The second-order valence-corrected chi connectivity index (χ2v) is 8.95. The molecular weight excluding hydrogens is 394 g/mol. The monoisotopic (exact) mass is 417 g/mol. The predicted octanol–water partition coefficient (Wildman–Crippen LogP) is 4.39. The molecule has 0 aromatic heterocycles. The standard InChI is InChI=1S/C21H24ClN3O2S/c1-16-8-9-17-6-3-4-7-20(17)25(21(16)23-2)15-5-14-24-28(26,27)19-12-10-18(22)11-13-19/h3-4,6-7,10-13,24H,2,5,8-9,14-15H2,1H3. The molecule has 2 aromatic rings. The van der Waals surface area contributed by atoms with Gasteiger partial charge in [-0.05, 0) is 74.4 Å². The number of benzene rings is 2. The Morgan fingerprint density at radius 1 is 1.14 bits per heavy atom. The molecule has 0 saturated heterocycles. The van der Waals surface area contributed by atoms with Crippen LogP contribution in [0.4, 0.5) is 5.69 Å². The Morgan fingerprint density at radius 2 is 1.86 bits per heavy atom. The van der Waals surface area contributed by atoms with Crippen molar-refractivity contribution in [1.82, 2.24) is 4.72 Å². The number of hydrogen-bond donors (Lipinski definition) is 1. The molecule has 1 aliphatic heterocycles. The molecule has 148 valence electrons. The van der Waals surface area contributed by atoms with Gasteiger partial charge in [-0.15, -0.1) is 0 Å². The van der Waals surface area contributed by atoms with Crippen LogP contribution >= 0.6 is 11.6 Å². The molecule has 0 amide bonds. The second-order valence-electron chi connectivity index (χ2n) is 6.75. The van der Waals surface area contributed by atoms with E-state index in [1.807, 2.05) is 12.1 Å². The number of aliphatic imine (C=N–C) groups is 1. The lowest BCUT2D eigenvalue weighted by Gasteiger charge is -2.26. The Bertz CT molecular complexity index is 985. The van der Waals surface area contributed by atoms with E-state index < -0.39 is 10.0 Å². The molecule has 3 rings (SSSR count). The van der Waals surface area contributed by atoms with Crippen molar-refractivity contribution >= 4 is 34.0 Å². The summed E-state index contributed by atoms with van der Waals surface area (Å²) in [5.41, 5.74) is 3.57. The van der Waals surface area contributed by atoms with Crippen LogP contribution in [0.1, 0.15) is 25.3 Å². The topological polar surface area (TPSA) is 61.8 Å². The summed E-state index contributed by atoms with van der Waals surface area (Å²) in [6.07, 6.45) is 2.53. The third-order valence-corrected chi connectivity index (χ3v) is 6.54. The number of anilines is 1.